The molecule has 0 fully saturated rings. The largest absolute Gasteiger partial charge is 0.490 e. The molecule has 0 atom stereocenters. The van der Waals surface area contributed by atoms with E-state index in [0.29, 0.717) is 13.2 Å². The first-order valence-electron chi connectivity index (χ1n) is 4.86. The van der Waals surface area contributed by atoms with Crippen LogP contribution in [0.5, 0.6) is 5.75 Å². The summed E-state index contributed by atoms with van der Waals surface area (Å²) in [5, 5.41) is 0. The topological polar surface area (TPSA) is 18.5 Å². The molecule has 1 aromatic carbocycles. The SMILES string of the molecule is C=CCOc1ccc(C=CCOC)cc1. The van der Waals surface area contributed by atoms with Crippen molar-refractivity contribution < 1.29 is 9.47 Å². The first-order chi connectivity index (χ1) is 7.36. The third-order valence-electron chi connectivity index (χ3n) is 1.82. The molecule has 0 radical (unpaired) electrons. The molecule has 0 amide bonds. The monoisotopic (exact) mass is 204 g/mol. The highest BCUT2D eigenvalue weighted by molar-refractivity contribution is 5.50. The van der Waals surface area contributed by atoms with Crippen LogP contribution in [-0.2, 0) is 4.74 Å². The van der Waals surface area contributed by atoms with Crippen LogP contribution in [0.25, 0.3) is 6.08 Å². The van der Waals surface area contributed by atoms with Gasteiger partial charge in [0.1, 0.15) is 12.4 Å². The Kier molecular flexibility index (Phi) is 5.26. The quantitative estimate of drug-likeness (QED) is 0.663. The van der Waals surface area contributed by atoms with Gasteiger partial charge in [0, 0.05) is 7.11 Å². The van der Waals surface area contributed by atoms with Crippen molar-refractivity contribution in [2.45, 2.75) is 0 Å². The van der Waals surface area contributed by atoms with Crippen molar-refractivity contribution in [1.82, 2.24) is 0 Å². The molecule has 0 aliphatic rings. The van der Waals surface area contributed by atoms with Crippen molar-refractivity contribution >= 4 is 6.08 Å². The van der Waals surface area contributed by atoms with Crippen molar-refractivity contribution in [1.29, 1.82) is 0 Å². The fourth-order valence-corrected chi connectivity index (χ4v) is 1.11. The Balaban J connectivity index is 2.52. The summed E-state index contributed by atoms with van der Waals surface area (Å²) in [6.07, 6.45) is 5.72. The van der Waals surface area contributed by atoms with Gasteiger partial charge in [-0.25, -0.2) is 0 Å². The molecule has 0 heterocycles. The number of methoxy groups -OCH3 is 1. The van der Waals surface area contributed by atoms with Crippen LogP contribution >= 0.6 is 0 Å². The number of ether oxygens (including phenoxy) is 2. The first-order valence-corrected chi connectivity index (χ1v) is 4.86. The molecule has 0 aliphatic heterocycles. The summed E-state index contributed by atoms with van der Waals surface area (Å²) in [5.41, 5.74) is 1.14. The van der Waals surface area contributed by atoms with E-state index in [2.05, 4.69) is 6.58 Å². The number of benzene rings is 1. The number of hydrogen-bond donors (Lipinski definition) is 0. The molecule has 0 N–H and O–H groups in total. The number of rotatable bonds is 6. The van der Waals surface area contributed by atoms with E-state index in [-0.39, 0.29) is 0 Å². The van der Waals surface area contributed by atoms with Crippen LogP contribution in [0.3, 0.4) is 0 Å². The van der Waals surface area contributed by atoms with E-state index < -0.39 is 0 Å². The van der Waals surface area contributed by atoms with Gasteiger partial charge in [0.2, 0.25) is 0 Å². The van der Waals surface area contributed by atoms with E-state index in [4.69, 9.17) is 9.47 Å². The van der Waals surface area contributed by atoms with E-state index in [1.807, 2.05) is 36.4 Å². The average molecular weight is 204 g/mol. The van der Waals surface area contributed by atoms with Gasteiger partial charge in [0.05, 0.1) is 6.61 Å². The summed E-state index contributed by atoms with van der Waals surface area (Å²) < 4.78 is 10.3. The molecule has 1 rings (SSSR count). The fourth-order valence-electron chi connectivity index (χ4n) is 1.11. The van der Waals surface area contributed by atoms with Crippen molar-refractivity contribution in [2.24, 2.45) is 0 Å². The molecule has 0 aliphatic carbocycles. The molecule has 1 aromatic rings. The Bertz CT molecular complexity index is 312. The van der Waals surface area contributed by atoms with E-state index in [0.717, 1.165) is 11.3 Å². The Hall–Kier alpha value is -1.54. The molecule has 80 valence electrons. The average Bonchev–Trinajstić information content (AvgIpc) is 2.28. The molecule has 0 saturated carbocycles. The van der Waals surface area contributed by atoms with Crippen molar-refractivity contribution in [2.75, 3.05) is 20.3 Å². The molecule has 0 aromatic heterocycles. The molecule has 2 nitrogen and oxygen atoms in total. The van der Waals surface area contributed by atoms with Gasteiger partial charge >= 0.3 is 0 Å². The molecule has 0 bridgehead atoms. The molecule has 2 heteroatoms. The van der Waals surface area contributed by atoms with Crippen LogP contribution in [0.1, 0.15) is 5.56 Å². The standard InChI is InChI=1S/C13H16O2/c1-3-10-15-13-8-6-12(7-9-13)5-4-11-14-2/h3-9H,1,10-11H2,2H3. The van der Waals surface area contributed by atoms with Gasteiger partial charge in [0.15, 0.2) is 0 Å². The molecule has 15 heavy (non-hydrogen) atoms. The maximum Gasteiger partial charge on any atom is 0.119 e. The van der Waals surface area contributed by atoms with Crippen LogP contribution in [0.2, 0.25) is 0 Å². The highest BCUT2D eigenvalue weighted by Crippen LogP contribution is 2.12. The zero-order chi connectivity index (χ0) is 10.9. The Morgan fingerprint density at radius 3 is 2.53 bits per heavy atom. The first kappa shape index (κ1) is 11.5. The second-order valence-corrected chi connectivity index (χ2v) is 3.03. The van der Waals surface area contributed by atoms with Gasteiger partial charge in [-0.3, -0.25) is 0 Å². The van der Waals surface area contributed by atoms with E-state index in [1.54, 1.807) is 13.2 Å². The van der Waals surface area contributed by atoms with Gasteiger partial charge in [0.25, 0.3) is 0 Å². The lowest BCUT2D eigenvalue weighted by molar-refractivity contribution is 0.234. The summed E-state index contributed by atoms with van der Waals surface area (Å²) in [7, 11) is 1.68. The van der Waals surface area contributed by atoms with Crippen LogP contribution < -0.4 is 4.74 Å². The maximum absolute atomic E-state index is 5.37. The Labute approximate surface area is 90.8 Å². The zero-order valence-electron chi connectivity index (χ0n) is 8.98. The highest BCUT2D eigenvalue weighted by atomic mass is 16.5. The third-order valence-corrected chi connectivity index (χ3v) is 1.82. The fraction of sp³-hybridized carbons (Fsp3) is 0.231. The summed E-state index contributed by atoms with van der Waals surface area (Å²) in [4.78, 5) is 0. The summed E-state index contributed by atoms with van der Waals surface area (Å²) in [6, 6.07) is 7.89. The van der Waals surface area contributed by atoms with E-state index in [1.165, 1.54) is 0 Å². The minimum Gasteiger partial charge on any atom is -0.490 e. The van der Waals surface area contributed by atoms with E-state index in [9.17, 15) is 0 Å². The lowest BCUT2D eigenvalue weighted by Gasteiger charge is -2.02. The molecular formula is C13H16O2. The smallest absolute Gasteiger partial charge is 0.119 e. The van der Waals surface area contributed by atoms with Crippen molar-refractivity contribution in [3.8, 4) is 5.75 Å². The molecule has 0 unspecified atom stereocenters. The van der Waals surface area contributed by atoms with Crippen molar-refractivity contribution in [3.05, 3.63) is 48.6 Å². The van der Waals surface area contributed by atoms with E-state index >= 15 is 0 Å². The second-order valence-electron chi connectivity index (χ2n) is 3.03. The van der Waals surface area contributed by atoms with Gasteiger partial charge in [-0.15, -0.1) is 0 Å². The zero-order valence-corrected chi connectivity index (χ0v) is 8.98. The predicted molar refractivity (Wildman–Crippen MR) is 63.0 cm³/mol. The van der Waals surface area contributed by atoms with Crippen LogP contribution in [0.15, 0.2) is 43.0 Å². The minimum absolute atomic E-state index is 0.541. The second kappa shape index (κ2) is 6.85. The van der Waals surface area contributed by atoms with Gasteiger partial charge < -0.3 is 9.47 Å². The minimum atomic E-state index is 0.541. The normalized spacial score (nSPS) is 10.5. The predicted octanol–water partition coefficient (Wildman–Crippen LogP) is 2.91. The van der Waals surface area contributed by atoms with Gasteiger partial charge in [-0.2, -0.15) is 0 Å². The molecule has 0 spiro atoms. The summed E-state index contributed by atoms with van der Waals surface area (Å²) in [6.45, 7) is 4.77. The van der Waals surface area contributed by atoms with Crippen LogP contribution in [0.4, 0.5) is 0 Å². The van der Waals surface area contributed by atoms with Crippen LogP contribution in [-0.4, -0.2) is 20.3 Å². The Morgan fingerprint density at radius 1 is 1.20 bits per heavy atom. The molecule has 0 saturated heterocycles. The highest BCUT2D eigenvalue weighted by Gasteiger charge is 1.91. The lowest BCUT2D eigenvalue weighted by atomic mass is 10.2. The van der Waals surface area contributed by atoms with Crippen molar-refractivity contribution in [3.63, 3.8) is 0 Å². The van der Waals surface area contributed by atoms with Gasteiger partial charge in [-0.1, -0.05) is 36.9 Å². The lowest BCUT2D eigenvalue weighted by Crippen LogP contribution is -1.91. The number of hydrogen-bond acceptors (Lipinski definition) is 2. The molecular weight excluding hydrogens is 188 g/mol. The van der Waals surface area contributed by atoms with Crippen LogP contribution in [0, 0.1) is 0 Å². The summed E-state index contributed by atoms with van der Waals surface area (Å²) >= 11 is 0. The Morgan fingerprint density at radius 2 is 1.93 bits per heavy atom. The maximum atomic E-state index is 5.37. The third kappa shape index (κ3) is 4.47. The van der Waals surface area contributed by atoms with Gasteiger partial charge in [-0.05, 0) is 17.7 Å². The summed E-state index contributed by atoms with van der Waals surface area (Å²) in [5.74, 6) is 0.860.